The molecule has 4 aromatic rings. The largest absolute Gasteiger partial charge is 0.497 e. The minimum absolute atomic E-state index is 0.419. The highest BCUT2D eigenvalue weighted by molar-refractivity contribution is 5.76. The molecule has 3 heterocycles. The number of nitrogens with zero attached hydrogens (tertiary/aromatic N) is 4. The maximum atomic E-state index is 5.86. The summed E-state index contributed by atoms with van der Waals surface area (Å²) in [5.41, 5.74) is 10.9. The van der Waals surface area contributed by atoms with Gasteiger partial charge in [-0.3, -0.25) is 4.98 Å². The molecule has 7 heteroatoms. The predicted octanol–water partition coefficient (Wildman–Crippen LogP) is 2.60. The van der Waals surface area contributed by atoms with E-state index in [0.29, 0.717) is 23.4 Å². The third-order valence-electron chi connectivity index (χ3n) is 3.95. The molecule has 0 aliphatic heterocycles. The second kappa shape index (κ2) is 6.20. The van der Waals surface area contributed by atoms with Gasteiger partial charge in [-0.25, -0.2) is 4.98 Å². The normalized spacial score (nSPS) is 10.9. The Morgan fingerprint density at radius 3 is 2.68 bits per heavy atom. The van der Waals surface area contributed by atoms with E-state index in [4.69, 9.17) is 15.5 Å². The average molecular weight is 332 g/mol. The van der Waals surface area contributed by atoms with Gasteiger partial charge < -0.3 is 10.5 Å². The van der Waals surface area contributed by atoms with Crippen LogP contribution in [-0.4, -0.2) is 32.5 Å². The summed E-state index contributed by atoms with van der Waals surface area (Å²) in [6.07, 6.45) is 0.597. The Labute approximate surface area is 143 Å². The highest BCUT2D eigenvalue weighted by Crippen LogP contribution is 2.23. The highest BCUT2D eigenvalue weighted by atomic mass is 16.5. The van der Waals surface area contributed by atoms with E-state index in [-0.39, 0.29) is 0 Å². The van der Waals surface area contributed by atoms with Gasteiger partial charge in [0, 0.05) is 17.7 Å². The molecule has 0 amide bonds. The zero-order valence-corrected chi connectivity index (χ0v) is 13.6. The van der Waals surface area contributed by atoms with Crippen molar-refractivity contribution in [2.75, 3.05) is 12.8 Å². The minimum Gasteiger partial charge on any atom is -0.497 e. The van der Waals surface area contributed by atoms with Crippen molar-refractivity contribution < 1.29 is 4.74 Å². The van der Waals surface area contributed by atoms with Crippen molar-refractivity contribution >= 4 is 17.0 Å². The van der Waals surface area contributed by atoms with E-state index in [9.17, 15) is 0 Å². The third-order valence-corrected chi connectivity index (χ3v) is 3.95. The average Bonchev–Trinajstić information content (AvgIpc) is 3.10. The van der Waals surface area contributed by atoms with E-state index in [1.807, 2.05) is 48.5 Å². The quantitative estimate of drug-likeness (QED) is 0.595. The molecule has 0 spiro atoms. The van der Waals surface area contributed by atoms with Crippen LogP contribution in [-0.2, 0) is 6.42 Å². The number of fused-ring (bicyclic) bond motifs is 1. The van der Waals surface area contributed by atoms with Crippen molar-refractivity contribution in [3.63, 3.8) is 0 Å². The van der Waals surface area contributed by atoms with Gasteiger partial charge in [0.2, 0.25) is 5.65 Å². The molecule has 0 saturated heterocycles. The lowest BCUT2D eigenvalue weighted by Gasteiger charge is -2.07. The number of ether oxygens (including phenoxy) is 1. The number of nitrogens with two attached hydrogens (primary N) is 1. The number of anilines is 1. The number of pyridine rings is 2. The standard InChI is InChI=1S/C18H16N6O/c1-25-14-7-5-11(6-8-14)15-4-2-3-13(20-15)9-12-10-16(19)21-18-17(12)22-24-23-18/h2-8,10H,9H2,1H3,(H3,19,21,22,23,24). The fourth-order valence-corrected chi connectivity index (χ4v) is 2.75. The topological polar surface area (TPSA) is 103 Å². The van der Waals surface area contributed by atoms with Crippen molar-refractivity contribution in [3.05, 3.63) is 59.8 Å². The van der Waals surface area contributed by atoms with Gasteiger partial charge in [-0.2, -0.15) is 10.3 Å². The number of H-pyrrole nitrogens is 1. The van der Waals surface area contributed by atoms with E-state index in [0.717, 1.165) is 28.3 Å². The molecule has 1 aromatic carbocycles. The lowest BCUT2D eigenvalue weighted by atomic mass is 10.1. The van der Waals surface area contributed by atoms with Gasteiger partial charge in [-0.1, -0.05) is 6.07 Å². The summed E-state index contributed by atoms with van der Waals surface area (Å²) in [6.45, 7) is 0. The number of aromatic nitrogens is 5. The summed E-state index contributed by atoms with van der Waals surface area (Å²) >= 11 is 0. The molecular weight excluding hydrogens is 316 g/mol. The number of nitrogens with one attached hydrogen (secondary N) is 1. The summed E-state index contributed by atoms with van der Waals surface area (Å²) in [4.78, 5) is 8.91. The summed E-state index contributed by atoms with van der Waals surface area (Å²) in [5, 5.41) is 10.8. The summed E-state index contributed by atoms with van der Waals surface area (Å²) in [7, 11) is 1.65. The first kappa shape index (κ1) is 15.1. The molecule has 0 aliphatic carbocycles. The zero-order chi connectivity index (χ0) is 17.2. The first-order chi connectivity index (χ1) is 12.2. The Morgan fingerprint density at radius 1 is 1.04 bits per heavy atom. The van der Waals surface area contributed by atoms with Crippen molar-refractivity contribution in [2.24, 2.45) is 0 Å². The van der Waals surface area contributed by atoms with Crippen LogP contribution in [0.3, 0.4) is 0 Å². The van der Waals surface area contributed by atoms with Crippen LogP contribution in [0.5, 0.6) is 5.75 Å². The number of nitrogen functional groups attached to an aromatic ring is 1. The molecule has 4 rings (SSSR count). The van der Waals surface area contributed by atoms with Gasteiger partial charge >= 0.3 is 0 Å². The van der Waals surface area contributed by atoms with Crippen LogP contribution in [0.25, 0.3) is 22.4 Å². The van der Waals surface area contributed by atoms with Crippen molar-refractivity contribution in [1.82, 2.24) is 25.4 Å². The molecule has 3 aromatic heterocycles. The summed E-state index contributed by atoms with van der Waals surface area (Å²) < 4.78 is 5.20. The van der Waals surface area contributed by atoms with Crippen LogP contribution < -0.4 is 10.5 Å². The number of aromatic amines is 1. The fraction of sp³-hybridized carbons (Fsp3) is 0.111. The van der Waals surface area contributed by atoms with Crippen molar-refractivity contribution in [3.8, 4) is 17.0 Å². The molecule has 0 fully saturated rings. The van der Waals surface area contributed by atoms with Gasteiger partial charge in [0.1, 0.15) is 17.1 Å². The molecule has 0 unspecified atom stereocenters. The molecule has 0 saturated carbocycles. The first-order valence-electron chi connectivity index (χ1n) is 7.79. The van der Waals surface area contributed by atoms with Crippen LogP contribution in [0.15, 0.2) is 48.5 Å². The highest BCUT2D eigenvalue weighted by Gasteiger charge is 2.10. The number of benzene rings is 1. The molecule has 0 radical (unpaired) electrons. The Morgan fingerprint density at radius 2 is 1.88 bits per heavy atom. The van der Waals surface area contributed by atoms with Crippen LogP contribution in [0.4, 0.5) is 5.82 Å². The Kier molecular flexibility index (Phi) is 3.74. The lowest BCUT2D eigenvalue weighted by molar-refractivity contribution is 0.415. The molecule has 124 valence electrons. The second-order valence-electron chi connectivity index (χ2n) is 5.62. The van der Waals surface area contributed by atoms with Crippen LogP contribution in [0.1, 0.15) is 11.3 Å². The fourth-order valence-electron chi connectivity index (χ4n) is 2.75. The minimum atomic E-state index is 0.419. The predicted molar refractivity (Wildman–Crippen MR) is 95.1 cm³/mol. The van der Waals surface area contributed by atoms with Crippen molar-refractivity contribution in [2.45, 2.75) is 6.42 Å². The number of hydrogen-bond donors (Lipinski definition) is 2. The maximum absolute atomic E-state index is 5.86. The first-order valence-corrected chi connectivity index (χ1v) is 7.79. The lowest BCUT2D eigenvalue weighted by Crippen LogP contribution is -1.99. The number of rotatable bonds is 4. The van der Waals surface area contributed by atoms with E-state index in [2.05, 4.69) is 20.4 Å². The monoisotopic (exact) mass is 332 g/mol. The van der Waals surface area contributed by atoms with E-state index in [1.165, 1.54) is 0 Å². The Hall–Kier alpha value is -3.48. The zero-order valence-electron chi connectivity index (χ0n) is 13.6. The Balaban J connectivity index is 1.68. The number of hydrogen-bond acceptors (Lipinski definition) is 6. The van der Waals surface area contributed by atoms with Gasteiger partial charge in [-0.05, 0) is 48.0 Å². The van der Waals surface area contributed by atoms with E-state index < -0.39 is 0 Å². The van der Waals surface area contributed by atoms with Gasteiger partial charge in [0.25, 0.3) is 0 Å². The molecule has 7 nitrogen and oxygen atoms in total. The van der Waals surface area contributed by atoms with E-state index in [1.54, 1.807) is 7.11 Å². The molecule has 0 bridgehead atoms. The van der Waals surface area contributed by atoms with Gasteiger partial charge in [0.05, 0.1) is 12.8 Å². The van der Waals surface area contributed by atoms with Crippen LogP contribution in [0, 0.1) is 0 Å². The van der Waals surface area contributed by atoms with Gasteiger partial charge in [-0.15, -0.1) is 5.10 Å². The summed E-state index contributed by atoms with van der Waals surface area (Å²) in [6, 6.07) is 15.6. The van der Waals surface area contributed by atoms with Crippen LogP contribution >= 0.6 is 0 Å². The molecule has 0 atom stereocenters. The smallest absolute Gasteiger partial charge is 0.203 e. The second-order valence-corrected chi connectivity index (χ2v) is 5.62. The third kappa shape index (κ3) is 2.99. The van der Waals surface area contributed by atoms with Crippen LogP contribution in [0.2, 0.25) is 0 Å². The van der Waals surface area contributed by atoms with Crippen molar-refractivity contribution in [1.29, 1.82) is 0 Å². The molecular formula is C18H16N6O. The number of methoxy groups -OCH3 is 1. The SMILES string of the molecule is COc1ccc(-c2cccc(Cc3cc(N)nc4n[nH]nc34)n2)cc1. The van der Waals surface area contributed by atoms with E-state index >= 15 is 0 Å². The maximum Gasteiger partial charge on any atom is 0.203 e. The molecule has 3 N–H and O–H groups in total. The Bertz CT molecular complexity index is 1030. The van der Waals surface area contributed by atoms with Gasteiger partial charge in [0.15, 0.2) is 0 Å². The summed E-state index contributed by atoms with van der Waals surface area (Å²) in [5.74, 6) is 1.24. The molecule has 0 aliphatic rings. The molecule has 25 heavy (non-hydrogen) atoms.